The zero-order valence-corrected chi connectivity index (χ0v) is 9.81. The van der Waals surface area contributed by atoms with E-state index in [4.69, 9.17) is 10.9 Å². The Bertz CT molecular complexity index is 399. The van der Waals surface area contributed by atoms with E-state index < -0.39 is 0 Å². The Morgan fingerprint density at radius 3 is 2.47 bits per heavy atom. The predicted octanol–water partition coefficient (Wildman–Crippen LogP) is 1.31. The fourth-order valence-electron chi connectivity index (χ4n) is 1.33. The topological polar surface area (TPSA) is 87.7 Å². The second kappa shape index (κ2) is 6.52. The van der Waals surface area contributed by atoms with E-state index in [-0.39, 0.29) is 11.7 Å². The van der Waals surface area contributed by atoms with Crippen LogP contribution in [-0.4, -0.2) is 23.5 Å². The minimum absolute atomic E-state index is 0.0305. The number of oxime groups is 1. The molecule has 1 aromatic carbocycles. The zero-order valence-electron chi connectivity index (χ0n) is 9.81. The molecule has 0 fully saturated rings. The van der Waals surface area contributed by atoms with E-state index in [1.54, 1.807) is 24.3 Å². The van der Waals surface area contributed by atoms with Crippen molar-refractivity contribution < 1.29 is 10.0 Å². The van der Waals surface area contributed by atoms with Crippen LogP contribution in [0.2, 0.25) is 0 Å². The number of amides is 1. The van der Waals surface area contributed by atoms with Gasteiger partial charge < -0.3 is 16.3 Å². The summed E-state index contributed by atoms with van der Waals surface area (Å²) in [5, 5.41) is 14.2. The minimum atomic E-state index is -0.107. The third kappa shape index (κ3) is 3.79. The molecule has 5 heteroatoms. The van der Waals surface area contributed by atoms with Crippen LogP contribution in [0.15, 0.2) is 29.4 Å². The standard InChI is InChI=1S/C12H17N3O2/c1-2-3-8-14-12(16)10-6-4-9(5-7-10)11(13)15-17/h4-7,17H,2-3,8H2,1H3,(H2,13,15)(H,14,16). The number of hydrogen-bond acceptors (Lipinski definition) is 3. The SMILES string of the molecule is CCCCNC(=O)c1ccc(/C(N)=N\O)cc1. The van der Waals surface area contributed by atoms with Gasteiger partial charge in [0, 0.05) is 17.7 Å². The van der Waals surface area contributed by atoms with Crippen molar-refractivity contribution in [1.82, 2.24) is 5.32 Å². The number of carbonyl (C=O) groups excluding carboxylic acids is 1. The summed E-state index contributed by atoms with van der Waals surface area (Å²) in [4.78, 5) is 11.6. The second-order valence-electron chi connectivity index (χ2n) is 3.67. The minimum Gasteiger partial charge on any atom is -0.409 e. The maximum Gasteiger partial charge on any atom is 0.251 e. The molecule has 0 unspecified atom stereocenters. The highest BCUT2D eigenvalue weighted by atomic mass is 16.4. The Kier molecular flexibility index (Phi) is 5.00. The van der Waals surface area contributed by atoms with Gasteiger partial charge >= 0.3 is 0 Å². The molecule has 0 spiro atoms. The highest BCUT2D eigenvalue weighted by Gasteiger charge is 2.05. The van der Waals surface area contributed by atoms with Gasteiger partial charge in [-0.25, -0.2) is 0 Å². The van der Waals surface area contributed by atoms with Crippen molar-refractivity contribution in [3.8, 4) is 0 Å². The summed E-state index contributed by atoms with van der Waals surface area (Å²) in [6, 6.07) is 6.58. The zero-order chi connectivity index (χ0) is 12.7. The molecular formula is C12H17N3O2. The van der Waals surface area contributed by atoms with E-state index >= 15 is 0 Å². The van der Waals surface area contributed by atoms with Crippen LogP contribution in [0.5, 0.6) is 0 Å². The van der Waals surface area contributed by atoms with Crippen molar-refractivity contribution >= 4 is 11.7 Å². The number of benzene rings is 1. The van der Waals surface area contributed by atoms with Crippen LogP contribution < -0.4 is 11.1 Å². The predicted molar refractivity (Wildman–Crippen MR) is 66.2 cm³/mol. The highest BCUT2D eigenvalue weighted by Crippen LogP contribution is 2.04. The van der Waals surface area contributed by atoms with Crippen LogP contribution in [0.3, 0.4) is 0 Å². The van der Waals surface area contributed by atoms with E-state index in [1.165, 1.54) is 0 Å². The molecule has 4 N–H and O–H groups in total. The monoisotopic (exact) mass is 235 g/mol. The molecular weight excluding hydrogens is 218 g/mol. The van der Waals surface area contributed by atoms with Crippen molar-refractivity contribution in [1.29, 1.82) is 0 Å². The first-order valence-electron chi connectivity index (χ1n) is 5.55. The number of amidine groups is 1. The third-order valence-electron chi connectivity index (χ3n) is 2.37. The number of nitrogens with zero attached hydrogens (tertiary/aromatic N) is 1. The van der Waals surface area contributed by atoms with Gasteiger partial charge in [0.15, 0.2) is 5.84 Å². The molecule has 0 saturated carbocycles. The van der Waals surface area contributed by atoms with Gasteiger partial charge in [0.2, 0.25) is 0 Å². The second-order valence-corrected chi connectivity index (χ2v) is 3.67. The van der Waals surface area contributed by atoms with Gasteiger partial charge in [0.25, 0.3) is 5.91 Å². The van der Waals surface area contributed by atoms with Crippen LogP contribution >= 0.6 is 0 Å². The Hall–Kier alpha value is -2.04. The fraction of sp³-hybridized carbons (Fsp3) is 0.333. The highest BCUT2D eigenvalue weighted by molar-refractivity contribution is 5.99. The number of unbranched alkanes of at least 4 members (excludes halogenated alkanes) is 1. The van der Waals surface area contributed by atoms with Gasteiger partial charge in [-0.3, -0.25) is 4.79 Å². The first kappa shape index (κ1) is 13.0. The molecule has 1 amide bonds. The summed E-state index contributed by atoms with van der Waals surface area (Å²) in [5.74, 6) is -0.0764. The molecule has 5 nitrogen and oxygen atoms in total. The molecule has 0 heterocycles. The van der Waals surface area contributed by atoms with Crippen molar-refractivity contribution in [2.24, 2.45) is 10.9 Å². The van der Waals surface area contributed by atoms with E-state index in [9.17, 15) is 4.79 Å². The van der Waals surface area contributed by atoms with Crippen LogP contribution in [-0.2, 0) is 0 Å². The van der Waals surface area contributed by atoms with Crippen molar-refractivity contribution in [2.45, 2.75) is 19.8 Å². The van der Waals surface area contributed by atoms with E-state index in [0.717, 1.165) is 12.8 Å². The van der Waals surface area contributed by atoms with Crippen LogP contribution in [0.4, 0.5) is 0 Å². The Morgan fingerprint density at radius 2 is 1.94 bits per heavy atom. The Balaban J connectivity index is 2.64. The molecule has 0 bridgehead atoms. The summed E-state index contributed by atoms with van der Waals surface area (Å²) >= 11 is 0. The molecule has 0 aromatic heterocycles. The molecule has 92 valence electrons. The van der Waals surface area contributed by atoms with Gasteiger partial charge in [-0.1, -0.05) is 30.6 Å². The lowest BCUT2D eigenvalue weighted by Gasteiger charge is -2.05. The molecule has 0 aliphatic carbocycles. The number of carbonyl (C=O) groups is 1. The quantitative estimate of drug-likeness (QED) is 0.236. The number of nitrogens with one attached hydrogen (secondary N) is 1. The maximum absolute atomic E-state index is 11.6. The number of nitrogens with two attached hydrogens (primary N) is 1. The average molecular weight is 235 g/mol. The largest absolute Gasteiger partial charge is 0.409 e. The smallest absolute Gasteiger partial charge is 0.251 e. The summed E-state index contributed by atoms with van der Waals surface area (Å²) < 4.78 is 0. The van der Waals surface area contributed by atoms with Crippen LogP contribution in [0.1, 0.15) is 35.7 Å². The Labute approximate surface area is 100 Å². The average Bonchev–Trinajstić information content (AvgIpc) is 2.38. The molecule has 1 rings (SSSR count). The lowest BCUT2D eigenvalue weighted by atomic mass is 10.1. The fourth-order valence-corrected chi connectivity index (χ4v) is 1.33. The van der Waals surface area contributed by atoms with Crippen molar-refractivity contribution in [3.63, 3.8) is 0 Å². The molecule has 0 radical (unpaired) electrons. The van der Waals surface area contributed by atoms with Gasteiger partial charge in [0.05, 0.1) is 0 Å². The van der Waals surface area contributed by atoms with Crippen LogP contribution in [0.25, 0.3) is 0 Å². The van der Waals surface area contributed by atoms with Gasteiger partial charge in [-0.05, 0) is 18.6 Å². The summed E-state index contributed by atoms with van der Waals surface area (Å²) in [6.07, 6.45) is 2.01. The lowest BCUT2D eigenvalue weighted by Crippen LogP contribution is -2.24. The van der Waals surface area contributed by atoms with E-state index in [2.05, 4.69) is 17.4 Å². The van der Waals surface area contributed by atoms with Crippen molar-refractivity contribution in [3.05, 3.63) is 35.4 Å². The summed E-state index contributed by atoms with van der Waals surface area (Å²) in [5.41, 5.74) is 6.56. The number of rotatable bonds is 5. The molecule has 0 aliphatic rings. The molecule has 0 aliphatic heterocycles. The van der Waals surface area contributed by atoms with E-state index in [0.29, 0.717) is 17.7 Å². The number of hydrogen-bond donors (Lipinski definition) is 3. The first-order chi connectivity index (χ1) is 8.19. The molecule has 0 atom stereocenters. The van der Waals surface area contributed by atoms with E-state index in [1.807, 2.05) is 0 Å². The van der Waals surface area contributed by atoms with Crippen molar-refractivity contribution in [2.75, 3.05) is 6.54 Å². The molecule has 0 saturated heterocycles. The van der Waals surface area contributed by atoms with Gasteiger partial charge in [-0.15, -0.1) is 0 Å². The normalized spacial score (nSPS) is 11.2. The van der Waals surface area contributed by atoms with Crippen LogP contribution in [0, 0.1) is 0 Å². The lowest BCUT2D eigenvalue weighted by molar-refractivity contribution is 0.0953. The molecule has 17 heavy (non-hydrogen) atoms. The third-order valence-corrected chi connectivity index (χ3v) is 2.37. The maximum atomic E-state index is 11.6. The van der Waals surface area contributed by atoms with Gasteiger partial charge in [-0.2, -0.15) is 0 Å². The molecule has 1 aromatic rings. The summed E-state index contributed by atoms with van der Waals surface area (Å²) in [7, 11) is 0. The first-order valence-corrected chi connectivity index (χ1v) is 5.55. The Morgan fingerprint density at radius 1 is 1.35 bits per heavy atom. The van der Waals surface area contributed by atoms with Gasteiger partial charge in [0.1, 0.15) is 0 Å². The summed E-state index contributed by atoms with van der Waals surface area (Å²) in [6.45, 7) is 2.75.